The second-order valence-electron chi connectivity index (χ2n) is 6.77. The minimum absolute atomic E-state index is 0. The lowest BCUT2D eigenvalue weighted by Crippen LogP contribution is -2.39. The zero-order valence-electron chi connectivity index (χ0n) is 16.1. The van der Waals surface area contributed by atoms with Crippen LogP contribution in [0, 0.1) is 5.92 Å². The molecule has 2 rings (SSSR count). The molecule has 3 N–H and O–H groups in total. The van der Waals surface area contributed by atoms with E-state index in [2.05, 4.69) is 34.0 Å². The fraction of sp³-hybridized carbons (Fsp3) is 0.667. The SMILES string of the molecule is CC(C)COc1ncc(CN=C(N)NCCCN2CCOCC2)cc1Cl.I. The highest BCUT2D eigenvalue weighted by Crippen LogP contribution is 2.23. The minimum atomic E-state index is 0. The first-order valence-corrected chi connectivity index (χ1v) is 9.53. The van der Waals surface area contributed by atoms with Crippen LogP contribution in [0.25, 0.3) is 0 Å². The third kappa shape index (κ3) is 9.77. The molecule has 1 saturated heterocycles. The molecule has 0 unspecified atom stereocenters. The average Bonchev–Trinajstić information content (AvgIpc) is 2.63. The molecular formula is C18H31ClIN5O2. The van der Waals surface area contributed by atoms with E-state index in [0.717, 1.165) is 51.4 Å². The van der Waals surface area contributed by atoms with Crippen LogP contribution in [0.4, 0.5) is 0 Å². The Hall–Kier alpha value is -0.840. The van der Waals surface area contributed by atoms with Crippen molar-refractivity contribution in [3.05, 3.63) is 22.8 Å². The summed E-state index contributed by atoms with van der Waals surface area (Å²) < 4.78 is 10.9. The summed E-state index contributed by atoms with van der Waals surface area (Å²) in [6.07, 6.45) is 2.74. The quantitative estimate of drug-likeness (QED) is 0.229. The molecule has 1 aromatic heterocycles. The molecule has 0 spiro atoms. The Bertz CT molecular complexity index is 583. The predicted molar refractivity (Wildman–Crippen MR) is 120 cm³/mol. The van der Waals surface area contributed by atoms with Gasteiger partial charge < -0.3 is 20.5 Å². The van der Waals surface area contributed by atoms with Gasteiger partial charge in [0.05, 0.1) is 26.4 Å². The van der Waals surface area contributed by atoms with E-state index in [1.807, 2.05) is 6.07 Å². The lowest BCUT2D eigenvalue weighted by Gasteiger charge is -2.26. The van der Waals surface area contributed by atoms with Gasteiger partial charge >= 0.3 is 0 Å². The summed E-state index contributed by atoms with van der Waals surface area (Å²) >= 11 is 6.21. The van der Waals surface area contributed by atoms with E-state index in [9.17, 15) is 0 Å². The number of aliphatic imine (C=N–C) groups is 1. The van der Waals surface area contributed by atoms with E-state index in [4.69, 9.17) is 26.8 Å². The van der Waals surface area contributed by atoms with E-state index in [1.165, 1.54) is 0 Å². The van der Waals surface area contributed by atoms with Crippen LogP contribution in [0.15, 0.2) is 17.3 Å². The van der Waals surface area contributed by atoms with Crippen LogP contribution in [0.3, 0.4) is 0 Å². The topological polar surface area (TPSA) is 85.0 Å². The molecule has 2 heterocycles. The first-order valence-electron chi connectivity index (χ1n) is 9.15. The maximum absolute atomic E-state index is 6.21. The first kappa shape index (κ1) is 24.2. The van der Waals surface area contributed by atoms with Crippen LogP contribution in [-0.2, 0) is 11.3 Å². The zero-order chi connectivity index (χ0) is 18.8. The van der Waals surface area contributed by atoms with Crippen LogP contribution in [0.5, 0.6) is 5.88 Å². The number of nitrogens with two attached hydrogens (primary N) is 1. The fourth-order valence-corrected chi connectivity index (χ4v) is 2.72. The van der Waals surface area contributed by atoms with Gasteiger partial charge in [-0.15, -0.1) is 24.0 Å². The van der Waals surface area contributed by atoms with Crippen molar-refractivity contribution in [3.8, 4) is 5.88 Å². The van der Waals surface area contributed by atoms with Crippen molar-refractivity contribution in [1.29, 1.82) is 0 Å². The normalized spacial score (nSPS) is 15.5. The standard InChI is InChI=1S/C18H30ClN5O2.HI/c1-14(2)13-26-17-16(19)10-15(11-22-17)12-23-18(20)21-4-3-5-24-6-8-25-9-7-24;/h10-11,14H,3-9,12-13H2,1-2H3,(H3,20,21,23);1H. The van der Waals surface area contributed by atoms with Crippen molar-refractivity contribution in [2.24, 2.45) is 16.6 Å². The van der Waals surface area contributed by atoms with Crippen LogP contribution in [0.2, 0.25) is 5.02 Å². The molecule has 7 nitrogen and oxygen atoms in total. The van der Waals surface area contributed by atoms with Crippen molar-refractivity contribution in [3.63, 3.8) is 0 Å². The summed E-state index contributed by atoms with van der Waals surface area (Å²) in [4.78, 5) is 11.0. The second-order valence-corrected chi connectivity index (χ2v) is 7.18. The summed E-state index contributed by atoms with van der Waals surface area (Å²) in [7, 11) is 0. The lowest BCUT2D eigenvalue weighted by atomic mass is 10.2. The molecule has 1 aromatic rings. The van der Waals surface area contributed by atoms with Gasteiger partial charge in [0.25, 0.3) is 0 Å². The molecule has 1 fully saturated rings. The lowest BCUT2D eigenvalue weighted by molar-refractivity contribution is 0.0376. The number of nitrogens with one attached hydrogen (secondary N) is 1. The smallest absolute Gasteiger partial charge is 0.232 e. The van der Waals surface area contributed by atoms with Crippen LogP contribution < -0.4 is 15.8 Å². The molecule has 0 aliphatic carbocycles. The van der Waals surface area contributed by atoms with Gasteiger partial charge in [-0.05, 0) is 30.5 Å². The monoisotopic (exact) mass is 511 g/mol. The van der Waals surface area contributed by atoms with E-state index < -0.39 is 0 Å². The van der Waals surface area contributed by atoms with Gasteiger partial charge in [0.2, 0.25) is 5.88 Å². The van der Waals surface area contributed by atoms with Crippen molar-refractivity contribution < 1.29 is 9.47 Å². The van der Waals surface area contributed by atoms with Gasteiger partial charge in [-0.1, -0.05) is 25.4 Å². The molecule has 1 aliphatic rings. The number of rotatable bonds is 9. The molecule has 0 saturated carbocycles. The Labute approximate surface area is 184 Å². The van der Waals surface area contributed by atoms with Crippen molar-refractivity contribution >= 4 is 41.5 Å². The first-order chi connectivity index (χ1) is 12.5. The number of pyridine rings is 1. The summed E-state index contributed by atoms with van der Waals surface area (Å²) in [6, 6.07) is 1.82. The van der Waals surface area contributed by atoms with Gasteiger partial charge in [0, 0.05) is 25.8 Å². The van der Waals surface area contributed by atoms with Gasteiger partial charge in [0.1, 0.15) is 5.02 Å². The van der Waals surface area contributed by atoms with E-state index in [0.29, 0.717) is 35.9 Å². The third-order valence-corrected chi connectivity index (χ3v) is 4.18. The fourth-order valence-electron chi connectivity index (χ4n) is 2.48. The van der Waals surface area contributed by atoms with Crippen LogP contribution >= 0.6 is 35.6 Å². The number of aromatic nitrogens is 1. The number of ether oxygens (including phenoxy) is 2. The molecule has 0 amide bonds. The van der Waals surface area contributed by atoms with E-state index >= 15 is 0 Å². The number of hydrogen-bond donors (Lipinski definition) is 2. The molecule has 154 valence electrons. The molecule has 0 aromatic carbocycles. The molecule has 0 bridgehead atoms. The Morgan fingerprint density at radius 2 is 2.19 bits per heavy atom. The largest absolute Gasteiger partial charge is 0.476 e. The second kappa shape index (κ2) is 13.4. The Morgan fingerprint density at radius 3 is 2.85 bits per heavy atom. The van der Waals surface area contributed by atoms with Gasteiger partial charge in [-0.3, -0.25) is 4.90 Å². The number of guanidine groups is 1. The van der Waals surface area contributed by atoms with Crippen molar-refractivity contribution in [2.45, 2.75) is 26.8 Å². The number of halogens is 2. The Balaban J connectivity index is 0.00000364. The number of morpholine rings is 1. The maximum Gasteiger partial charge on any atom is 0.232 e. The van der Waals surface area contributed by atoms with E-state index in [1.54, 1.807) is 6.20 Å². The summed E-state index contributed by atoms with van der Waals surface area (Å²) in [5.41, 5.74) is 6.81. The van der Waals surface area contributed by atoms with E-state index in [-0.39, 0.29) is 24.0 Å². The molecular weight excluding hydrogens is 481 g/mol. The highest BCUT2D eigenvalue weighted by molar-refractivity contribution is 14.0. The third-order valence-electron chi connectivity index (χ3n) is 3.91. The predicted octanol–water partition coefficient (Wildman–Crippen LogP) is 2.51. The number of nitrogens with zero attached hydrogens (tertiary/aromatic N) is 3. The summed E-state index contributed by atoms with van der Waals surface area (Å²) in [6.45, 7) is 10.7. The highest BCUT2D eigenvalue weighted by Gasteiger charge is 2.09. The molecule has 0 atom stereocenters. The summed E-state index contributed by atoms with van der Waals surface area (Å²) in [5, 5.41) is 3.64. The van der Waals surface area contributed by atoms with Gasteiger partial charge in [0.15, 0.2) is 5.96 Å². The summed E-state index contributed by atoms with van der Waals surface area (Å²) in [5.74, 6) is 1.32. The maximum atomic E-state index is 6.21. The molecule has 9 heteroatoms. The molecule has 1 aliphatic heterocycles. The average molecular weight is 512 g/mol. The molecule has 0 radical (unpaired) electrons. The molecule has 27 heavy (non-hydrogen) atoms. The number of hydrogen-bond acceptors (Lipinski definition) is 5. The van der Waals surface area contributed by atoms with Gasteiger partial charge in [-0.25, -0.2) is 9.98 Å². The van der Waals surface area contributed by atoms with Crippen molar-refractivity contribution in [2.75, 3.05) is 46.0 Å². The minimum Gasteiger partial charge on any atom is -0.476 e. The Kier molecular flexibility index (Phi) is 12.0. The van der Waals surface area contributed by atoms with Crippen molar-refractivity contribution in [1.82, 2.24) is 15.2 Å². The van der Waals surface area contributed by atoms with Gasteiger partial charge in [-0.2, -0.15) is 0 Å². The highest BCUT2D eigenvalue weighted by atomic mass is 127. The van der Waals surface area contributed by atoms with Crippen LogP contribution in [-0.4, -0.2) is 61.8 Å². The van der Waals surface area contributed by atoms with Crippen LogP contribution in [0.1, 0.15) is 25.8 Å². The zero-order valence-corrected chi connectivity index (χ0v) is 19.2. The Morgan fingerprint density at radius 1 is 1.44 bits per heavy atom.